The lowest BCUT2D eigenvalue weighted by Crippen LogP contribution is -2.36. The van der Waals surface area contributed by atoms with Crippen LogP contribution in [0.1, 0.15) is 17.5 Å². The molecule has 0 aliphatic carbocycles. The Hall–Kier alpha value is -2.82. The van der Waals surface area contributed by atoms with E-state index in [0.29, 0.717) is 19.5 Å². The lowest BCUT2D eigenvalue weighted by atomic mass is 10.1. The number of anilines is 2. The molecule has 26 heavy (non-hydrogen) atoms. The Morgan fingerprint density at radius 3 is 2.77 bits per heavy atom. The molecule has 2 aromatic carbocycles. The van der Waals surface area contributed by atoms with Crippen molar-refractivity contribution < 1.29 is 9.59 Å². The molecule has 2 aromatic rings. The van der Waals surface area contributed by atoms with Gasteiger partial charge in [0, 0.05) is 38.1 Å². The van der Waals surface area contributed by atoms with Crippen molar-refractivity contribution >= 4 is 23.2 Å². The molecule has 2 heterocycles. The summed E-state index contributed by atoms with van der Waals surface area (Å²) in [6.07, 6.45) is 1.61. The molecular formula is C21H23N3O2. The van der Waals surface area contributed by atoms with E-state index in [2.05, 4.69) is 29.4 Å². The number of likely N-dealkylation sites (N-methyl/N-ethyl adjacent to an activating group) is 1. The van der Waals surface area contributed by atoms with Crippen molar-refractivity contribution in [1.29, 1.82) is 0 Å². The minimum Gasteiger partial charge on any atom is -0.374 e. The minimum absolute atomic E-state index is 0.107. The standard InChI is InChI=1S/C21H23N3O2/c1-23-11-9-16-13-15(7-8-19(16)23)14-22-20(25)18-10-12-24(21(18)26)17-5-3-2-4-6-17/h2-8,13,18H,9-12,14H2,1H3,(H,22,25). The maximum absolute atomic E-state index is 12.6. The first-order chi connectivity index (χ1) is 12.6. The number of amides is 2. The maximum atomic E-state index is 12.6. The molecule has 0 bridgehead atoms. The molecule has 1 N–H and O–H groups in total. The Labute approximate surface area is 153 Å². The van der Waals surface area contributed by atoms with Crippen LogP contribution in [0.2, 0.25) is 0 Å². The molecule has 1 atom stereocenters. The van der Waals surface area contributed by atoms with Gasteiger partial charge in [0.05, 0.1) is 0 Å². The summed E-state index contributed by atoms with van der Waals surface area (Å²) in [5.74, 6) is -0.869. The highest BCUT2D eigenvalue weighted by Crippen LogP contribution is 2.28. The summed E-state index contributed by atoms with van der Waals surface area (Å²) in [6, 6.07) is 15.9. The Morgan fingerprint density at radius 2 is 1.96 bits per heavy atom. The van der Waals surface area contributed by atoms with Crippen LogP contribution in [-0.4, -0.2) is 32.0 Å². The van der Waals surface area contributed by atoms with Crippen molar-refractivity contribution in [2.75, 3.05) is 29.9 Å². The van der Waals surface area contributed by atoms with Crippen LogP contribution in [0.25, 0.3) is 0 Å². The fraction of sp³-hybridized carbons (Fsp3) is 0.333. The van der Waals surface area contributed by atoms with Crippen LogP contribution in [-0.2, 0) is 22.6 Å². The lowest BCUT2D eigenvalue weighted by Gasteiger charge is -2.16. The van der Waals surface area contributed by atoms with Gasteiger partial charge in [-0.3, -0.25) is 9.59 Å². The van der Waals surface area contributed by atoms with Crippen LogP contribution in [0.4, 0.5) is 11.4 Å². The average Bonchev–Trinajstić information content (AvgIpc) is 3.23. The smallest absolute Gasteiger partial charge is 0.239 e. The van der Waals surface area contributed by atoms with Crippen molar-refractivity contribution in [2.24, 2.45) is 5.92 Å². The Balaban J connectivity index is 1.38. The Bertz CT molecular complexity index is 834. The van der Waals surface area contributed by atoms with Gasteiger partial charge in [-0.1, -0.05) is 30.3 Å². The molecule has 2 aliphatic heterocycles. The van der Waals surface area contributed by atoms with E-state index in [1.165, 1.54) is 11.3 Å². The molecule has 0 saturated carbocycles. The van der Waals surface area contributed by atoms with Crippen molar-refractivity contribution in [1.82, 2.24) is 5.32 Å². The largest absolute Gasteiger partial charge is 0.374 e. The van der Waals surface area contributed by atoms with Crippen LogP contribution >= 0.6 is 0 Å². The highest BCUT2D eigenvalue weighted by Gasteiger charge is 2.37. The maximum Gasteiger partial charge on any atom is 0.239 e. The van der Waals surface area contributed by atoms with Gasteiger partial charge in [-0.05, 0) is 42.2 Å². The number of nitrogens with one attached hydrogen (secondary N) is 1. The number of para-hydroxylation sites is 1. The van der Waals surface area contributed by atoms with Crippen LogP contribution in [0.3, 0.4) is 0 Å². The third kappa shape index (κ3) is 3.05. The molecule has 0 aromatic heterocycles. The number of hydrogen-bond donors (Lipinski definition) is 1. The molecule has 0 radical (unpaired) electrons. The second-order valence-corrected chi connectivity index (χ2v) is 7.02. The van der Waals surface area contributed by atoms with Gasteiger partial charge in [-0.25, -0.2) is 0 Å². The second-order valence-electron chi connectivity index (χ2n) is 7.02. The minimum atomic E-state index is -0.587. The normalized spacial score (nSPS) is 19.0. The van der Waals surface area contributed by atoms with Crippen LogP contribution in [0, 0.1) is 5.92 Å². The van der Waals surface area contributed by atoms with Crippen LogP contribution in [0.15, 0.2) is 48.5 Å². The number of carbonyl (C=O) groups excluding carboxylic acids is 2. The third-order valence-corrected chi connectivity index (χ3v) is 5.33. The van der Waals surface area contributed by atoms with Gasteiger partial charge in [0.1, 0.15) is 5.92 Å². The number of nitrogens with zero attached hydrogens (tertiary/aromatic N) is 2. The van der Waals surface area contributed by atoms with Gasteiger partial charge >= 0.3 is 0 Å². The second kappa shape index (κ2) is 6.83. The first-order valence-electron chi connectivity index (χ1n) is 9.10. The highest BCUT2D eigenvalue weighted by atomic mass is 16.2. The van der Waals surface area contributed by atoms with Gasteiger partial charge < -0.3 is 15.1 Å². The Morgan fingerprint density at radius 1 is 1.15 bits per heavy atom. The number of hydrogen-bond acceptors (Lipinski definition) is 3. The first kappa shape index (κ1) is 16.6. The molecule has 1 saturated heterocycles. The van der Waals surface area contributed by atoms with Crippen LogP contribution in [0.5, 0.6) is 0 Å². The lowest BCUT2D eigenvalue weighted by molar-refractivity contribution is -0.132. The molecule has 1 unspecified atom stereocenters. The predicted octanol–water partition coefficient (Wildman–Crippen LogP) is 2.35. The van der Waals surface area contributed by atoms with Crippen molar-refractivity contribution in [3.05, 3.63) is 59.7 Å². The zero-order chi connectivity index (χ0) is 18.1. The van der Waals surface area contributed by atoms with E-state index in [1.807, 2.05) is 36.4 Å². The van der Waals surface area contributed by atoms with Crippen molar-refractivity contribution in [2.45, 2.75) is 19.4 Å². The number of rotatable bonds is 4. The van der Waals surface area contributed by atoms with E-state index in [9.17, 15) is 9.59 Å². The fourth-order valence-electron chi connectivity index (χ4n) is 3.83. The summed E-state index contributed by atoms with van der Waals surface area (Å²) in [5, 5.41) is 2.95. The van der Waals surface area contributed by atoms with Crippen molar-refractivity contribution in [3.8, 4) is 0 Å². The number of fused-ring (bicyclic) bond motifs is 1. The molecule has 4 rings (SSSR count). The number of carbonyl (C=O) groups is 2. The molecule has 134 valence electrons. The van der Waals surface area contributed by atoms with Crippen LogP contribution < -0.4 is 15.1 Å². The predicted molar refractivity (Wildman–Crippen MR) is 102 cm³/mol. The molecular weight excluding hydrogens is 326 g/mol. The summed E-state index contributed by atoms with van der Waals surface area (Å²) in [4.78, 5) is 29.1. The van der Waals surface area contributed by atoms with E-state index in [-0.39, 0.29) is 11.8 Å². The van der Waals surface area contributed by atoms with Gasteiger partial charge in [0.15, 0.2) is 0 Å². The quantitative estimate of drug-likeness (QED) is 0.862. The summed E-state index contributed by atoms with van der Waals surface area (Å²) in [5.41, 5.74) is 4.53. The topological polar surface area (TPSA) is 52.7 Å². The summed E-state index contributed by atoms with van der Waals surface area (Å²) >= 11 is 0. The van der Waals surface area contributed by atoms with E-state index < -0.39 is 5.92 Å². The Kier molecular flexibility index (Phi) is 4.37. The molecule has 2 aliphatic rings. The first-order valence-corrected chi connectivity index (χ1v) is 9.10. The highest BCUT2D eigenvalue weighted by molar-refractivity contribution is 6.09. The molecule has 2 amide bonds. The van der Waals surface area contributed by atoms with Gasteiger partial charge in [-0.15, -0.1) is 0 Å². The summed E-state index contributed by atoms with van der Waals surface area (Å²) < 4.78 is 0. The van der Waals surface area contributed by atoms with E-state index in [1.54, 1.807) is 4.90 Å². The van der Waals surface area contributed by atoms with E-state index in [0.717, 1.165) is 24.2 Å². The molecule has 5 heteroatoms. The third-order valence-electron chi connectivity index (χ3n) is 5.33. The van der Waals surface area contributed by atoms with E-state index in [4.69, 9.17) is 0 Å². The van der Waals surface area contributed by atoms with Gasteiger partial charge in [0.2, 0.25) is 11.8 Å². The van der Waals surface area contributed by atoms with Gasteiger partial charge in [-0.2, -0.15) is 0 Å². The molecule has 0 spiro atoms. The van der Waals surface area contributed by atoms with E-state index >= 15 is 0 Å². The zero-order valence-electron chi connectivity index (χ0n) is 14.9. The zero-order valence-corrected chi connectivity index (χ0v) is 14.9. The SMILES string of the molecule is CN1CCc2cc(CNC(=O)C3CCN(c4ccccc4)C3=O)ccc21. The fourth-order valence-corrected chi connectivity index (χ4v) is 3.83. The number of benzene rings is 2. The summed E-state index contributed by atoms with van der Waals surface area (Å²) in [6.45, 7) is 2.09. The monoisotopic (exact) mass is 349 g/mol. The van der Waals surface area contributed by atoms with Crippen molar-refractivity contribution in [3.63, 3.8) is 0 Å². The van der Waals surface area contributed by atoms with Gasteiger partial charge in [0.25, 0.3) is 0 Å². The summed E-state index contributed by atoms with van der Waals surface area (Å²) in [7, 11) is 2.09. The average molecular weight is 349 g/mol. The molecule has 1 fully saturated rings. The molecule has 5 nitrogen and oxygen atoms in total.